The maximum absolute atomic E-state index is 8.61. The van der Waals surface area contributed by atoms with E-state index < -0.39 is 0 Å². The van der Waals surface area contributed by atoms with Crippen LogP contribution in [0.5, 0.6) is 0 Å². The number of nitrogens with zero attached hydrogens (tertiary/aromatic N) is 3. The first-order valence-corrected chi connectivity index (χ1v) is 6.68. The van der Waals surface area contributed by atoms with E-state index in [1.165, 1.54) is 0 Å². The average Bonchev–Trinajstić information content (AvgIpc) is 2.83. The minimum Gasteiger partial charge on any atom is -0.409 e. The molecule has 1 aromatic carbocycles. The molecule has 0 radical (unpaired) electrons. The topological polar surface area (TPSA) is 74.7 Å². The molecule has 2 aromatic rings. The number of aryl methyl sites for hydroxylation is 1. The van der Waals surface area contributed by atoms with Crippen LogP contribution < -0.4 is 10.6 Å². The summed E-state index contributed by atoms with van der Waals surface area (Å²) in [6.45, 7) is 2.76. The average molecular weight is 276 g/mol. The van der Waals surface area contributed by atoms with Crippen molar-refractivity contribution < 1.29 is 5.21 Å². The Morgan fingerprint density at radius 3 is 2.63 bits per heavy atom. The van der Waals surface area contributed by atoms with Crippen LogP contribution in [0.25, 0.3) is 0 Å². The summed E-state index contributed by atoms with van der Waals surface area (Å²) in [7, 11) is 2.01. The largest absolute Gasteiger partial charge is 0.409 e. The number of nitrogens with two attached hydrogens (primary N) is 1. The van der Waals surface area contributed by atoms with E-state index in [4.69, 9.17) is 10.9 Å². The van der Waals surface area contributed by atoms with Crippen molar-refractivity contribution in [3.05, 3.63) is 45.9 Å². The van der Waals surface area contributed by atoms with Crippen LogP contribution in [-0.4, -0.2) is 23.1 Å². The zero-order valence-corrected chi connectivity index (χ0v) is 11.7. The summed E-state index contributed by atoms with van der Waals surface area (Å²) in [6.07, 6.45) is 0. The van der Waals surface area contributed by atoms with Crippen LogP contribution in [0, 0.1) is 6.92 Å². The molecular weight excluding hydrogens is 260 g/mol. The van der Waals surface area contributed by atoms with Gasteiger partial charge in [-0.3, -0.25) is 0 Å². The van der Waals surface area contributed by atoms with Crippen molar-refractivity contribution in [1.29, 1.82) is 0 Å². The van der Waals surface area contributed by atoms with E-state index in [9.17, 15) is 0 Å². The third-order valence-corrected chi connectivity index (χ3v) is 3.60. The van der Waals surface area contributed by atoms with Gasteiger partial charge in [0.1, 0.15) is 0 Å². The second-order valence-electron chi connectivity index (χ2n) is 4.25. The van der Waals surface area contributed by atoms with Gasteiger partial charge in [-0.15, -0.1) is 11.3 Å². The molecule has 0 atom stereocenters. The van der Waals surface area contributed by atoms with E-state index in [0.29, 0.717) is 5.56 Å². The molecule has 0 amide bonds. The summed E-state index contributed by atoms with van der Waals surface area (Å²) in [5.74, 6) is 0.115. The van der Waals surface area contributed by atoms with Crippen molar-refractivity contribution in [2.24, 2.45) is 10.9 Å². The van der Waals surface area contributed by atoms with Gasteiger partial charge in [-0.25, -0.2) is 4.98 Å². The Morgan fingerprint density at radius 2 is 2.11 bits per heavy atom. The Bertz CT molecular complexity index is 577. The molecule has 0 saturated heterocycles. The monoisotopic (exact) mass is 276 g/mol. The number of thiazole rings is 1. The molecule has 0 fully saturated rings. The molecule has 0 aliphatic rings. The summed E-state index contributed by atoms with van der Waals surface area (Å²) >= 11 is 1.65. The Balaban J connectivity index is 2.09. The van der Waals surface area contributed by atoms with Crippen molar-refractivity contribution in [2.75, 3.05) is 11.9 Å². The molecule has 0 bridgehead atoms. The minimum atomic E-state index is 0.115. The molecule has 19 heavy (non-hydrogen) atoms. The lowest BCUT2D eigenvalue weighted by molar-refractivity contribution is 0.318. The van der Waals surface area contributed by atoms with Crippen LogP contribution in [0.15, 0.2) is 34.8 Å². The van der Waals surface area contributed by atoms with Gasteiger partial charge in [0, 0.05) is 23.7 Å². The van der Waals surface area contributed by atoms with E-state index >= 15 is 0 Å². The van der Waals surface area contributed by atoms with Gasteiger partial charge in [0.15, 0.2) is 5.84 Å². The quantitative estimate of drug-likeness (QED) is 0.388. The third-order valence-electron chi connectivity index (χ3n) is 2.78. The molecule has 3 N–H and O–H groups in total. The molecule has 2 rings (SSSR count). The third kappa shape index (κ3) is 3.23. The maximum atomic E-state index is 8.61. The van der Waals surface area contributed by atoms with E-state index in [1.54, 1.807) is 11.3 Å². The number of hydrogen-bond acceptors (Lipinski definition) is 5. The molecule has 0 aliphatic carbocycles. The van der Waals surface area contributed by atoms with Crippen molar-refractivity contribution >= 4 is 22.9 Å². The molecule has 0 spiro atoms. The van der Waals surface area contributed by atoms with Crippen molar-refractivity contribution in [3.63, 3.8) is 0 Å². The zero-order valence-electron chi connectivity index (χ0n) is 10.9. The summed E-state index contributed by atoms with van der Waals surface area (Å²) in [5.41, 5.74) is 8.34. The molecule has 5 nitrogen and oxygen atoms in total. The number of rotatable bonds is 4. The Hall–Kier alpha value is -2.08. The molecule has 0 saturated carbocycles. The number of anilines is 1. The zero-order chi connectivity index (χ0) is 13.8. The predicted molar refractivity (Wildman–Crippen MR) is 77.9 cm³/mol. The number of hydrogen-bond donors (Lipinski definition) is 2. The smallest absolute Gasteiger partial charge is 0.170 e. The fraction of sp³-hybridized carbons (Fsp3) is 0.231. The Labute approximate surface area is 116 Å². The van der Waals surface area contributed by atoms with Gasteiger partial charge in [0.05, 0.1) is 17.2 Å². The first-order chi connectivity index (χ1) is 9.10. The summed E-state index contributed by atoms with van der Waals surface area (Å²) < 4.78 is 0. The summed E-state index contributed by atoms with van der Waals surface area (Å²) in [5, 5.41) is 14.7. The second kappa shape index (κ2) is 5.71. The number of amidine groups is 1. The fourth-order valence-corrected chi connectivity index (χ4v) is 2.36. The van der Waals surface area contributed by atoms with Gasteiger partial charge in [0.25, 0.3) is 0 Å². The van der Waals surface area contributed by atoms with Gasteiger partial charge in [-0.2, -0.15) is 0 Å². The highest BCUT2D eigenvalue weighted by atomic mass is 32.1. The van der Waals surface area contributed by atoms with Crippen LogP contribution in [0.2, 0.25) is 0 Å². The molecule has 1 aromatic heterocycles. The molecule has 6 heteroatoms. The van der Waals surface area contributed by atoms with Crippen LogP contribution in [0.4, 0.5) is 5.69 Å². The fourth-order valence-electron chi connectivity index (χ4n) is 1.76. The van der Waals surface area contributed by atoms with E-state index in [2.05, 4.69) is 20.4 Å². The molecule has 0 unspecified atom stereocenters. The van der Waals surface area contributed by atoms with Crippen LogP contribution in [-0.2, 0) is 6.54 Å². The van der Waals surface area contributed by atoms with Crippen LogP contribution >= 0.6 is 11.3 Å². The number of benzene rings is 1. The highest BCUT2D eigenvalue weighted by Gasteiger charge is 2.06. The van der Waals surface area contributed by atoms with Gasteiger partial charge >= 0.3 is 0 Å². The van der Waals surface area contributed by atoms with Gasteiger partial charge < -0.3 is 15.8 Å². The minimum absolute atomic E-state index is 0.115. The van der Waals surface area contributed by atoms with E-state index in [1.807, 2.05) is 38.2 Å². The predicted octanol–water partition coefficient (Wildman–Crippen LogP) is 2.18. The molecule has 0 aliphatic heterocycles. The van der Waals surface area contributed by atoms with E-state index in [-0.39, 0.29) is 5.84 Å². The van der Waals surface area contributed by atoms with Gasteiger partial charge in [-0.1, -0.05) is 5.16 Å². The molecule has 1 heterocycles. The van der Waals surface area contributed by atoms with Crippen molar-refractivity contribution in [1.82, 2.24) is 4.98 Å². The number of aromatic nitrogens is 1. The van der Waals surface area contributed by atoms with Gasteiger partial charge in [-0.05, 0) is 31.2 Å². The van der Waals surface area contributed by atoms with Crippen molar-refractivity contribution in [2.45, 2.75) is 13.5 Å². The molecule has 100 valence electrons. The Kier molecular flexibility index (Phi) is 4.01. The number of oxime groups is 1. The van der Waals surface area contributed by atoms with Crippen molar-refractivity contribution in [3.8, 4) is 0 Å². The van der Waals surface area contributed by atoms with Crippen LogP contribution in [0.3, 0.4) is 0 Å². The SMILES string of the molecule is Cc1nc(CN(C)c2ccc(C(N)=NO)cc2)cs1. The second-order valence-corrected chi connectivity index (χ2v) is 5.31. The first kappa shape index (κ1) is 13.4. The lowest BCUT2D eigenvalue weighted by Gasteiger charge is -2.18. The highest BCUT2D eigenvalue weighted by Crippen LogP contribution is 2.17. The van der Waals surface area contributed by atoms with Gasteiger partial charge in [0.2, 0.25) is 0 Å². The molecular formula is C13H16N4OS. The highest BCUT2D eigenvalue weighted by molar-refractivity contribution is 7.09. The lowest BCUT2D eigenvalue weighted by Crippen LogP contribution is -2.17. The van der Waals surface area contributed by atoms with E-state index in [0.717, 1.165) is 22.9 Å². The summed E-state index contributed by atoms with van der Waals surface area (Å²) in [6, 6.07) is 7.53. The normalized spacial score (nSPS) is 11.6. The Morgan fingerprint density at radius 1 is 1.42 bits per heavy atom. The summed E-state index contributed by atoms with van der Waals surface area (Å²) in [4.78, 5) is 6.54. The van der Waals surface area contributed by atoms with Crippen LogP contribution in [0.1, 0.15) is 16.3 Å². The lowest BCUT2D eigenvalue weighted by atomic mass is 10.2. The standard InChI is InChI=1S/C13H16N4OS/c1-9-15-11(8-19-9)7-17(2)12-5-3-10(4-6-12)13(14)16-18/h3-6,8,18H,7H2,1-2H3,(H2,14,16). The maximum Gasteiger partial charge on any atom is 0.170 e. The first-order valence-electron chi connectivity index (χ1n) is 5.80.